The van der Waals surface area contributed by atoms with Crippen molar-refractivity contribution in [3.63, 3.8) is 0 Å². The van der Waals surface area contributed by atoms with Crippen LogP contribution in [-0.4, -0.2) is 102 Å². The molecule has 2 atom stereocenters. The molecule has 0 radical (unpaired) electrons. The van der Waals surface area contributed by atoms with Crippen molar-refractivity contribution >= 4 is 38.7 Å². The summed E-state index contributed by atoms with van der Waals surface area (Å²) >= 11 is 0. The van der Waals surface area contributed by atoms with Crippen molar-refractivity contribution in [2.24, 2.45) is 5.92 Å². The van der Waals surface area contributed by atoms with Gasteiger partial charge in [0, 0.05) is 61.9 Å². The first-order valence-corrected chi connectivity index (χ1v) is 17.8. The van der Waals surface area contributed by atoms with E-state index in [4.69, 9.17) is 9.47 Å². The molecule has 2 aliphatic heterocycles. The van der Waals surface area contributed by atoms with Gasteiger partial charge in [0.1, 0.15) is 11.2 Å². The first-order valence-electron chi connectivity index (χ1n) is 15.9. The second kappa shape index (κ2) is 14.0. The van der Waals surface area contributed by atoms with Crippen LogP contribution in [0.25, 0.3) is 22.2 Å². The minimum absolute atomic E-state index is 0.0523. The Kier molecular flexibility index (Phi) is 10.3. The summed E-state index contributed by atoms with van der Waals surface area (Å²) in [5.74, 6) is -0.00593. The van der Waals surface area contributed by atoms with Gasteiger partial charge in [0.25, 0.3) is 0 Å². The molecule has 49 heavy (non-hydrogen) atoms. The summed E-state index contributed by atoms with van der Waals surface area (Å²) in [6.45, 7) is 10.8. The molecule has 0 bridgehead atoms. The Morgan fingerprint density at radius 1 is 1.14 bits per heavy atom. The van der Waals surface area contributed by atoms with E-state index in [9.17, 15) is 31.2 Å². The maximum Gasteiger partial charge on any atom is 0.419 e. The highest BCUT2D eigenvalue weighted by molar-refractivity contribution is 7.91. The van der Waals surface area contributed by atoms with Gasteiger partial charge in [0.15, 0.2) is 9.84 Å². The zero-order chi connectivity index (χ0) is 35.7. The van der Waals surface area contributed by atoms with Gasteiger partial charge in [0.2, 0.25) is 11.9 Å². The molecule has 2 aliphatic rings. The minimum atomic E-state index is -4.81. The lowest BCUT2D eigenvalue weighted by molar-refractivity contribution is -0.137. The number of halogens is 3. The van der Waals surface area contributed by atoms with Crippen LogP contribution in [0.5, 0.6) is 0 Å². The number of amides is 2. The van der Waals surface area contributed by atoms with Crippen molar-refractivity contribution in [1.82, 2.24) is 24.8 Å². The van der Waals surface area contributed by atoms with Gasteiger partial charge in [-0.1, -0.05) is 18.7 Å². The van der Waals surface area contributed by atoms with Crippen LogP contribution in [0, 0.1) is 5.92 Å². The quantitative estimate of drug-likeness (QED) is 0.299. The van der Waals surface area contributed by atoms with Crippen LogP contribution < -0.4 is 5.32 Å². The van der Waals surface area contributed by atoms with E-state index >= 15 is 0 Å². The van der Waals surface area contributed by atoms with Gasteiger partial charge in [-0.05, 0) is 58.1 Å². The van der Waals surface area contributed by atoms with Crippen molar-refractivity contribution < 1.29 is 40.7 Å². The van der Waals surface area contributed by atoms with Crippen molar-refractivity contribution in [1.29, 1.82) is 0 Å². The Morgan fingerprint density at radius 2 is 1.86 bits per heavy atom. The van der Waals surface area contributed by atoms with E-state index in [1.54, 1.807) is 25.7 Å². The largest absolute Gasteiger partial charge is 0.444 e. The molecule has 2 aromatic heterocycles. The molecule has 12 nitrogen and oxygen atoms in total. The van der Waals surface area contributed by atoms with E-state index in [0.717, 1.165) is 19.1 Å². The van der Waals surface area contributed by atoms with E-state index in [1.807, 2.05) is 0 Å². The van der Waals surface area contributed by atoms with E-state index in [-0.39, 0.29) is 52.2 Å². The number of sulfone groups is 1. The molecule has 0 spiro atoms. The number of piperidine rings is 2. The first-order chi connectivity index (χ1) is 22.9. The number of hydrogen-bond acceptors (Lipinski definition) is 9. The summed E-state index contributed by atoms with van der Waals surface area (Å²) in [6, 6.07) is 3.85. The smallest absolute Gasteiger partial charge is 0.419 e. The molecule has 2 amide bonds. The van der Waals surface area contributed by atoms with Gasteiger partial charge in [-0.25, -0.2) is 23.2 Å². The summed E-state index contributed by atoms with van der Waals surface area (Å²) in [7, 11) is -3.68. The van der Waals surface area contributed by atoms with Gasteiger partial charge in [-0.2, -0.15) is 13.2 Å². The number of rotatable bonds is 8. The van der Waals surface area contributed by atoms with E-state index in [0.29, 0.717) is 32.3 Å². The van der Waals surface area contributed by atoms with Crippen LogP contribution >= 0.6 is 0 Å². The zero-order valence-corrected chi connectivity index (χ0v) is 28.7. The zero-order valence-electron chi connectivity index (χ0n) is 27.8. The standard InChI is InChI=1S/C33H41F3N6O6S/c1-6-27(43)41-12-10-20(11-13-41)19-47-22-14-21(17-42(18-22)31(44)48-32(2,3)4)39-30-38-16-25(33(34,35)36)28(40-30)24-15-37-29-23(24)8-7-9-26(29)49(5,45)46/h6-9,15-16,20-22,37H,1,10-14,17-19H2,2-5H3,(H,38,39,40)/t21-,22-/m0/s1. The second-order valence-electron chi connectivity index (χ2n) is 13.5. The Bertz CT molecular complexity index is 1820. The van der Waals surface area contributed by atoms with Gasteiger partial charge in [-0.15, -0.1) is 0 Å². The fourth-order valence-electron chi connectivity index (χ4n) is 6.15. The number of carbonyl (C=O) groups excluding carboxylic acids is 2. The molecule has 16 heteroatoms. The lowest BCUT2D eigenvalue weighted by Crippen LogP contribution is -2.53. The summed E-state index contributed by atoms with van der Waals surface area (Å²) in [6.07, 6.45) is 0.431. The van der Waals surface area contributed by atoms with Crippen LogP contribution in [0.4, 0.5) is 23.9 Å². The summed E-state index contributed by atoms with van der Waals surface area (Å²) < 4.78 is 79.3. The predicted molar refractivity (Wildman–Crippen MR) is 177 cm³/mol. The molecular formula is C33H41F3N6O6S. The summed E-state index contributed by atoms with van der Waals surface area (Å²) in [4.78, 5) is 39.4. The summed E-state index contributed by atoms with van der Waals surface area (Å²) in [5, 5.41) is 3.36. The third-order valence-corrected chi connectivity index (χ3v) is 9.63. The van der Waals surface area contributed by atoms with Crippen LogP contribution in [0.1, 0.15) is 45.6 Å². The van der Waals surface area contributed by atoms with Crippen LogP contribution in [0.3, 0.4) is 0 Å². The molecule has 0 unspecified atom stereocenters. The Balaban J connectivity index is 1.39. The molecule has 0 aliphatic carbocycles. The maximum atomic E-state index is 14.2. The van der Waals surface area contributed by atoms with E-state index in [1.165, 1.54) is 35.4 Å². The van der Waals surface area contributed by atoms with Gasteiger partial charge >= 0.3 is 12.3 Å². The molecule has 3 aromatic rings. The normalized spacial score (nSPS) is 19.6. The summed E-state index contributed by atoms with van der Waals surface area (Å²) in [5.41, 5.74) is -2.06. The first kappa shape index (κ1) is 36.1. The SMILES string of the molecule is C=CC(=O)N1CCC(CO[C@H]2C[C@H](Nc3ncc(C(F)(F)F)c(-c4c[nH]c5c(S(C)(=O)=O)cccc45)n3)CN(C(=O)OC(C)(C)C)C2)CC1. The monoisotopic (exact) mass is 706 g/mol. The topological polar surface area (TPSA) is 147 Å². The number of hydrogen-bond donors (Lipinski definition) is 2. The molecule has 4 heterocycles. The number of anilines is 1. The average molecular weight is 707 g/mol. The molecule has 266 valence electrons. The van der Waals surface area contributed by atoms with Gasteiger partial charge in [-0.3, -0.25) is 4.79 Å². The van der Waals surface area contributed by atoms with Crippen molar-refractivity contribution in [2.45, 2.75) is 68.9 Å². The minimum Gasteiger partial charge on any atom is -0.444 e. The predicted octanol–water partition coefficient (Wildman–Crippen LogP) is 5.28. The Morgan fingerprint density at radius 3 is 2.49 bits per heavy atom. The number of para-hydroxylation sites is 1. The van der Waals surface area contributed by atoms with Gasteiger partial charge < -0.3 is 29.6 Å². The number of H-pyrrole nitrogens is 1. The number of carbonyl (C=O) groups is 2. The van der Waals surface area contributed by atoms with E-state index < -0.39 is 51.1 Å². The lowest BCUT2D eigenvalue weighted by Gasteiger charge is -2.39. The van der Waals surface area contributed by atoms with Crippen LogP contribution in [0.2, 0.25) is 0 Å². The highest BCUT2D eigenvalue weighted by Crippen LogP contribution is 2.39. The molecule has 2 N–H and O–H groups in total. The molecule has 5 rings (SSSR count). The fraction of sp³-hybridized carbons (Fsp3) is 0.515. The number of aromatic amines is 1. The number of nitrogens with one attached hydrogen (secondary N) is 2. The number of likely N-dealkylation sites (tertiary alicyclic amines) is 2. The van der Waals surface area contributed by atoms with Crippen molar-refractivity contribution in [3.8, 4) is 11.3 Å². The van der Waals surface area contributed by atoms with Crippen molar-refractivity contribution in [2.75, 3.05) is 44.4 Å². The lowest BCUT2D eigenvalue weighted by atomic mass is 9.97. The molecule has 2 saturated heterocycles. The average Bonchev–Trinajstić information content (AvgIpc) is 3.46. The maximum absolute atomic E-state index is 14.2. The van der Waals surface area contributed by atoms with E-state index in [2.05, 4.69) is 26.8 Å². The van der Waals surface area contributed by atoms with Crippen LogP contribution in [-0.2, 0) is 30.3 Å². The fourth-order valence-corrected chi connectivity index (χ4v) is 7.02. The number of aromatic nitrogens is 3. The molecule has 1 aromatic carbocycles. The number of benzene rings is 1. The number of fused-ring (bicyclic) bond motifs is 1. The highest BCUT2D eigenvalue weighted by Gasteiger charge is 2.38. The van der Waals surface area contributed by atoms with Crippen molar-refractivity contribution in [3.05, 3.63) is 48.8 Å². The highest BCUT2D eigenvalue weighted by atomic mass is 32.2. The van der Waals surface area contributed by atoms with Gasteiger partial charge in [0.05, 0.1) is 28.8 Å². The number of alkyl halides is 3. The number of ether oxygens (including phenoxy) is 2. The molecule has 0 saturated carbocycles. The Labute approximate surface area is 283 Å². The van der Waals surface area contributed by atoms with Crippen LogP contribution in [0.15, 0.2) is 48.1 Å². The number of nitrogens with zero attached hydrogens (tertiary/aromatic N) is 4. The molecule has 2 fully saturated rings. The molecular weight excluding hydrogens is 665 g/mol. The second-order valence-corrected chi connectivity index (χ2v) is 15.5. The Hall–Kier alpha value is -4.18. The third kappa shape index (κ3) is 8.71. The third-order valence-electron chi connectivity index (χ3n) is 8.49.